The zero-order valence-electron chi connectivity index (χ0n) is 17.5. The van der Waals surface area contributed by atoms with E-state index in [9.17, 15) is 4.79 Å². The van der Waals surface area contributed by atoms with Gasteiger partial charge in [-0.25, -0.2) is 0 Å². The van der Waals surface area contributed by atoms with Crippen molar-refractivity contribution in [2.24, 2.45) is 0 Å². The van der Waals surface area contributed by atoms with Crippen molar-refractivity contribution in [1.29, 1.82) is 0 Å². The van der Waals surface area contributed by atoms with E-state index in [1.165, 1.54) is 10.5 Å². The number of hydrogen-bond donors (Lipinski definition) is 1. The quantitative estimate of drug-likeness (QED) is 0.331. The molecule has 4 aromatic rings. The monoisotopic (exact) mass is 423 g/mol. The third-order valence-electron chi connectivity index (χ3n) is 5.27. The number of hydrogen-bond acceptors (Lipinski definition) is 2. The number of rotatable bonds is 7. The van der Waals surface area contributed by atoms with Gasteiger partial charge in [-0.15, -0.1) is 11.8 Å². The van der Waals surface area contributed by atoms with E-state index in [1.807, 2.05) is 72.8 Å². The maximum absolute atomic E-state index is 13.1. The summed E-state index contributed by atoms with van der Waals surface area (Å²) >= 11 is 1.79. The van der Waals surface area contributed by atoms with E-state index in [0.717, 1.165) is 22.4 Å². The molecule has 1 unspecified atom stereocenters. The minimum Gasteiger partial charge on any atom is -0.341 e. The van der Waals surface area contributed by atoms with Crippen LogP contribution in [0.15, 0.2) is 114 Å². The van der Waals surface area contributed by atoms with E-state index < -0.39 is 0 Å². The summed E-state index contributed by atoms with van der Waals surface area (Å²) in [5, 5.41) is 3.24. The molecule has 2 nitrogen and oxygen atoms in total. The summed E-state index contributed by atoms with van der Waals surface area (Å²) in [5.74, 6) is 0.807. The van der Waals surface area contributed by atoms with Crippen molar-refractivity contribution < 1.29 is 4.79 Å². The summed E-state index contributed by atoms with van der Waals surface area (Å²) in [4.78, 5) is 14.3. The van der Waals surface area contributed by atoms with Gasteiger partial charge in [0.25, 0.3) is 5.91 Å². The number of thioether (sulfide) groups is 1. The number of benzene rings is 4. The van der Waals surface area contributed by atoms with E-state index in [1.54, 1.807) is 11.8 Å². The van der Waals surface area contributed by atoms with Gasteiger partial charge in [0.05, 0.1) is 6.04 Å². The first-order valence-corrected chi connectivity index (χ1v) is 11.4. The molecule has 31 heavy (non-hydrogen) atoms. The second kappa shape index (κ2) is 10.1. The molecule has 0 aliphatic rings. The van der Waals surface area contributed by atoms with Gasteiger partial charge in [0.2, 0.25) is 0 Å². The molecule has 1 amide bonds. The first kappa shape index (κ1) is 21.0. The lowest BCUT2D eigenvalue weighted by Gasteiger charge is -2.22. The van der Waals surface area contributed by atoms with E-state index in [2.05, 4.69) is 48.6 Å². The molecule has 0 fully saturated rings. The number of carbonyl (C=O) groups excluding carboxylic acids is 1. The highest BCUT2D eigenvalue weighted by atomic mass is 32.2. The smallest absolute Gasteiger partial charge is 0.252 e. The van der Waals surface area contributed by atoms with Crippen LogP contribution < -0.4 is 5.32 Å². The minimum absolute atomic E-state index is 0.0700. The van der Waals surface area contributed by atoms with Crippen LogP contribution in [-0.2, 0) is 5.75 Å². The average Bonchev–Trinajstić information content (AvgIpc) is 2.83. The highest BCUT2D eigenvalue weighted by Crippen LogP contribution is 2.26. The van der Waals surface area contributed by atoms with Crippen molar-refractivity contribution in [2.75, 3.05) is 0 Å². The van der Waals surface area contributed by atoms with Gasteiger partial charge in [0, 0.05) is 16.2 Å². The zero-order valence-corrected chi connectivity index (χ0v) is 18.3. The second-order valence-corrected chi connectivity index (χ2v) is 8.52. The molecule has 0 saturated carbocycles. The second-order valence-electron chi connectivity index (χ2n) is 7.47. The first-order chi connectivity index (χ1) is 15.2. The molecule has 0 radical (unpaired) electrons. The Labute approximate surface area is 188 Å². The molecule has 0 spiro atoms. The Kier molecular flexibility index (Phi) is 6.85. The van der Waals surface area contributed by atoms with Gasteiger partial charge in [0.15, 0.2) is 0 Å². The Morgan fingerprint density at radius 2 is 1.39 bits per heavy atom. The number of nitrogens with one attached hydrogen (secondary N) is 1. The summed E-state index contributed by atoms with van der Waals surface area (Å²) < 4.78 is 0. The topological polar surface area (TPSA) is 29.1 Å². The molecule has 4 rings (SSSR count). The van der Waals surface area contributed by atoms with Crippen LogP contribution in [0.5, 0.6) is 0 Å². The van der Waals surface area contributed by atoms with Gasteiger partial charge in [0.1, 0.15) is 0 Å². The number of carbonyl (C=O) groups is 1. The molecule has 3 heteroatoms. The van der Waals surface area contributed by atoms with Gasteiger partial charge in [-0.1, -0.05) is 84.9 Å². The summed E-state index contributed by atoms with van der Waals surface area (Å²) in [6, 6.07) is 36.4. The largest absolute Gasteiger partial charge is 0.341 e. The Morgan fingerprint density at radius 1 is 0.774 bits per heavy atom. The van der Waals surface area contributed by atoms with Crippen LogP contribution in [-0.4, -0.2) is 5.91 Å². The molecule has 154 valence electrons. The predicted octanol–water partition coefficient (Wildman–Crippen LogP) is 6.81. The Bertz CT molecular complexity index is 1120. The molecule has 0 aromatic heterocycles. The van der Waals surface area contributed by atoms with Crippen LogP contribution in [0, 0.1) is 6.92 Å². The predicted molar refractivity (Wildman–Crippen MR) is 129 cm³/mol. The molecule has 0 bridgehead atoms. The van der Waals surface area contributed by atoms with Crippen molar-refractivity contribution in [3.63, 3.8) is 0 Å². The molecule has 1 N–H and O–H groups in total. The Morgan fingerprint density at radius 3 is 2.06 bits per heavy atom. The Hall–Kier alpha value is -3.30. The van der Waals surface area contributed by atoms with Crippen molar-refractivity contribution >= 4 is 17.7 Å². The van der Waals surface area contributed by atoms with E-state index in [4.69, 9.17) is 0 Å². The fraction of sp³-hybridized carbons (Fsp3) is 0.107. The maximum atomic E-state index is 13.1. The maximum Gasteiger partial charge on any atom is 0.252 e. The highest BCUT2D eigenvalue weighted by molar-refractivity contribution is 7.98. The van der Waals surface area contributed by atoms with E-state index in [0.29, 0.717) is 5.56 Å². The SMILES string of the molecule is Cc1ccccc1C(NC(=O)c1ccc(CSc2ccccc2)cc1)c1ccccc1. The molecule has 1 atom stereocenters. The number of amides is 1. The molecule has 0 aliphatic heterocycles. The lowest BCUT2D eigenvalue weighted by atomic mass is 9.94. The van der Waals surface area contributed by atoms with E-state index in [-0.39, 0.29) is 11.9 Å². The van der Waals surface area contributed by atoms with Crippen LogP contribution in [0.1, 0.15) is 38.7 Å². The average molecular weight is 424 g/mol. The molecular weight excluding hydrogens is 398 g/mol. The van der Waals surface area contributed by atoms with Gasteiger partial charge in [-0.2, -0.15) is 0 Å². The zero-order chi connectivity index (χ0) is 21.5. The molecule has 0 saturated heterocycles. The lowest BCUT2D eigenvalue weighted by molar-refractivity contribution is 0.0943. The molecule has 0 heterocycles. The van der Waals surface area contributed by atoms with Crippen LogP contribution in [0.25, 0.3) is 0 Å². The fourth-order valence-electron chi connectivity index (χ4n) is 3.55. The van der Waals surface area contributed by atoms with Crippen LogP contribution in [0.2, 0.25) is 0 Å². The van der Waals surface area contributed by atoms with Gasteiger partial charge in [-0.3, -0.25) is 4.79 Å². The molecule has 0 aliphatic carbocycles. The third-order valence-corrected chi connectivity index (χ3v) is 6.36. The number of aryl methyl sites for hydroxylation is 1. The first-order valence-electron chi connectivity index (χ1n) is 10.4. The van der Waals surface area contributed by atoms with Crippen LogP contribution >= 0.6 is 11.8 Å². The van der Waals surface area contributed by atoms with Crippen molar-refractivity contribution in [1.82, 2.24) is 5.32 Å². The van der Waals surface area contributed by atoms with Crippen LogP contribution in [0.3, 0.4) is 0 Å². The van der Waals surface area contributed by atoms with Gasteiger partial charge < -0.3 is 5.32 Å². The summed E-state index contributed by atoms with van der Waals surface area (Å²) in [7, 11) is 0. The molecular formula is C28H25NOS. The lowest BCUT2D eigenvalue weighted by Crippen LogP contribution is -2.29. The summed E-state index contributed by atoms with van der Waals surface area (Å²) in [6.07, 6.45) is 0. The summed E-state index contributed by atoms with van der Waals surface area (Å²) in [5.41, 5.74) is 5.20. The van der Waals surface area contributed by atoms with Crippen molar-refractivity contribution in [2.45, 2.75) is 23.6 Å². The normalized spacial score (nSPS) is 11.6. The Balaban J connectivity index is 1.49. The van der Waals surface area contributed by atoms with E-state index >= 15 is 0 Å². The van der Waals surface area contributed by atoms with Crippen molar-refractivity contribution in [3.05, 3.63) is 137 Å². The van der Waals surface area contributed by atoms with Crippen molar-refractivity contribution in [3.8, 4) is 0 Å². The summed E-state index contributed by atoms with van der Waals surface area (Å²) in [6.45, 7) is 2.08. The highest BCUT2D eigenvalue weighted by Gasteiger charge is 2.19. The minimum atomic E-state index is -0.191. The van der Waals surface area contributed by atoms with Gasteiger partial charge in [-0.05, 0) is 53.4 Å². The standard InChI is InChI=1S/C28H25NOS/c1-21-10-8-9-15-26(21)27(23-11-4-2-5-12-23)29-28(30)24-18-16-22(17-19-24)20-31-25-13-6-3-7-14-25/h2-19,27H,20H2,1H3,(H,29,30). The van der Waals surface area contributed by atoms with Gasteiger partial charge >= 0.3 is 0 Å². The fourth-order valence-corrected chi connectivity index (χ4v) is 4.42. The molecule has 4 aromatic carbocycles. The van der Waals surface area contributed by atoms with Crippen LogP contribution in [0.4, 0.5) is 0 Å². The third kappa shape index (κ3) is 5.44.